The van der Waals surface area contributed by atoms with Crippen LogP contribution in [0.2, 0.25) is 0 Å². The van der Waals surface area contributed by atoms with Crippen LogP contribution in [-0.4, -0.2) is 54.7 Å². The fraction of sp³-hybridized carbons (Fsp3) is 0.579. The number of carbonyl (C=O) groups excluding carboxylic acids is 1. The van der Waals surface area contributed by atoms with Crippen molar-refractivity contribution in [3.63, 3.8) is 0 Å². The first-order valence-corrected chi connectivity index (χ1v) is 9.18. The number of hydrogen-bond acceptors (Lipinski definition) is 4. The molecule has 2 N–H and O–H groups in total. The number of esters is 1. The summed E-state index contributed by atoms with van der Waals surface area (Å²) in [6, 6.07) is 5.75. The number of aliphatic imine (C=N–C) groups is 1. The molecule has 1 saturated heterocycles. The van der Waals surface area contributed by atoms with E-state index in [1.165, 1.54) is 12.1 Å². The third-order valence-electron chi connectivity index (χ3n) is 4.34. The molecule has 6 nitrogen and oxygen atoms in total. The number of aliphatic hydroxyl groups is 1. The highest BCUT2D eigenvalue weighted by molar-refractivity contribution is 14.0. The Balaban J connectivity index is 0.00000364. The molecule has 1 aromatic rings. The first kappa shape index (κ1) is 23.6. The highest BCUT2D eigenvalue weighted by Crippen LogP contribution is 2.19. The van der Waals surface area contributed by atoms with Crippen molar-refractivity contribution in [3.8, 4) is 0 Å². The number of hydrogen-bond donors (Lipinski definition) is 2. The molecule has 0 aromatic heterocycles. The first-order chi connectivity index (χ1) is 12.5. The molecule has 1 heterocycles. The number of nitrogens with zero attached hydrogens (tertiary/aromatic N) is 2. The van der Waals surface area contributed by atoms with E-state index >= 15 is 0 Å². The number of halogens is 2. The van der Waals surface area contributed by atoms with Crippen LogP contribution in [0, 0.1) is 11.7 Å². The van der Waals surface area contributed by atoms with Gasteiger partial charge in [-0.15, -0.1) is 24.0 Å². The second-order valence-electron chi connectivity index (χ2n) is 6.30. The van der Waals surface area contributed by atoms with E-state index < -0.39 is 6.10 Å². The van der Waals surface area contributed by atoms with Gasteiger partial charge < -0.3 is 20.1 Å². The van der Waals surface area contributed by atoms with Gasteiger partial charge in [-0.2, -0.15) is 0 Å². The molecule has 152 valence electrons. The molecule has 1 aromatic carbocycles. The molecule has 0 spiro atoms. The number of carbonyl (C=O) groups is 1. The number of aliphatic hydroxyl groups excluding tert-OH is 1. The summed E-state index contributed by atoms with van der Waals surface area (Å²) in [7, 11) is 0. The van der Waals surface area contributed by atoms with Crippen molar-refractivity contribution < 1.29 is 19.0 Å². The SMILES string of the molecule is CCNC(=NCC(O)c1ccc(F)cc1)N1CCCC(C(=O)OCC)C1.I. The summed E-state index contributed by atoms with van der Waals surface area (Å²) in [6.07, 6.45) is 0.886. The highest BCUT2D eigenvalue weighted by Gasteiger charge is 2.28. The largest absolute Gasteiger partial charge is 0.466 e. The predicted molar refractivity (Wildman–Crippen MR) is 114 cm³/mol. The molecule has 1 fully saturated rings. The molecule has 1 aliphatic rings. The Labute approximate surface area is 177 Å². The van der Waals surface area contributed by atoms with Gasteiger partial charge in [0, 0.05) is 19.6 Å². The van der Waals surface area contributed by atoms with Crippen molar-refractivity contribution >= 4 is 35.9 Å². The van der Waals surface area contributed by atoms with Crippen LogP contribution in [0.25, 0.3) is 0 Å². The molecule has 2 rings (SSSR count). The molecule has 0 bridgehead atoms. The van der Waals surface area contributed by atoms with Crippen molar-refractivity contribution in [2.75, 3.05) is 32.8 Å². The van der Waals surface area contributed by atoms with Crippen LogP contribution >= 0.6 is 24.0 Å². The van der Waals surface area contributed by atoms with Gasteiger partial charge >= 0.3 is 5.97 Å². The van der Waals surface area contributed by atoms with Crippen LogP contribution in [0.4, 0.5) is 4.39 Å². The van der Waals surface area contributed by atoms with Gasteiger partial charge in [0.05, 0.1) is 25.2 Å². The number of nitrogens with one attached hydrogen (secondary N) is 1. The number of rotatable bonds is 6. The van der Waals surface area contributed by atoms with Crippen molar-refractivity contribution in [2.24, 2.45) is 10.9 Å². The lowest BCUT2D eigenvalue weighted by Crippen LogP contribution is -2.48. The van der Waals surface area contributed by atoms with Gasteiger partial charge in [0.15, 0.2) is 5.96 Å². The van der Waals surface area contributed by atoms with Gasteiger partial charge in [-0.3, -0.25) is 9.79 Å². The van der Waals surface area contributed by atoms with E-state index in [2.05, 4.69) is 10.3 Å². The summed E-state index contributed by atoms with van der Waals surface area (Å²) < 4.78 is 18.1. The van der Waals surface area contributed by atoms with Crippen LogP contribution in [0.1, 0.15) is 38.4 Å². The van der Waals surface area contributed by atoms with E-state index in [9.17, 15) is 14.3 Å². The van der Waals surface area contributed by atoms with Gasteiger partial charge in [-0.05, 0) is 44.4 Å². The van der Waals surface area contributed by atoms with Crippen LogP contribution in [-0.2, 0) is 9.53 Å². The van der Waals surface area contributed by atoms with E-state index in [1.807, 2.05) is 11.8 Å². The summed E-state index contributed by atoms with van der Waals surface area (Å²) >= 11 is 0. The normalized spacial score (nSPS) is 18.4. The minimum Gasteiger partial charge on any atom is -0.466 e. The number of likely N-dealkylation sites (tertiary alicyclic amines) is 1. The number of guanidine groups is 1. The molecule has 27 heavy (non-hydrogen) atoms. The molecular formula is C19H29FIN3O3. The zero-order chi connectivity index (χ0) is 18.9. The number of benzene rings is 1. The Hall–Kier alpha value is -1.42. The van der Waals surface area contributed by atoms with Crippen molar-refractivity contribution in [1.82, 2.24) is 10.2 Å². The average Bonchev–Trinajstić information content (AvgIpc) is 2.65. The van der Waals surface area contributed by atoms with Gasteiger partial charge in [0.1, 0.15) is 5.82 Å². The zero-order valence-electron chi connectivity index (χ0n) is 15.9. The van der Waals surface area contributed by atoms with Crippen molar-refractivity contribution in [2.45, 2.75) is 32.8 Å². The van der Waals surface area contributed by atoms with E-state index in [4.69, 9.17) is 4.74 Å². The summed E-state index contributed by atoms with van der Waals surface area (Å²) in [5, 5.41) is 13.5. The first-order valence-electron chi connectivity index (χ1n) is 9.18. The number of ether oxygens (including phenoxy) is 1. The third-order valence-corrected chi connectivity index (χ3v) is 4.34. The van der Waals surface area contributed by atoms with Crippen LogP contribution in [0.15, 0.2) is 29.3 Å². The summed E-state index contributed by atoms with van der Waals surface area (Å²) in [5.74, 6) is 0.00717. The Morgan fingerprint density at radius 2 is 2.11 bits per heavy atom. The summed E-state index contributed by atoms with van der Waals surface area (Å²) in [4.78, 5) is 18.6. The molecule has 0 amide bonds. The van der Waals surface area contributed by atoms with Gasteiger partial charge in [-0.1, -0.05) is 12.1 Å². The average molecular weight is 493 g/mol. The Bertz CT molecular complexity index is 613. The third kappa shape index (κ3) is 7.25. The second kappa shape index (κ2) is 12.1. The predicted octanol–water partition coefficient (Wildman–Crippen LogP) is 2.72. The topological polar surface area (TPSA) is 74.2 Å². The highest BCUT2D eigenvalue weighted by atomic mass is 127. The van der Waals surface area contributed by atoms with Crippen LogP contribution < -0.4 is 5.32 Å². The van der Waals surface area contributed by atoms with Gasteiger partial charge in [-0.25, -0.2) is 4.39 Å². The Morgan fingerprint density at radius 3 is 2.74 bits per heavy atom. The summed E-state index contributed by atoms with van der Waals surface area (Å²) in [6.45, 7) is 6.36. The van der Waals surface area contributed by atoms with Gasteiger partial charge in [0.2, 0.25) is 0 Å². The summed E-state index contributed by atoms with van der Waals surface area (Å²) in [5.41, 5.74) is 0.619. The van der Waals surface area contributed by atoms with E-state index in [0.717, 1.165) is 19.4 Å². The van der Waals surface area contributed by atoms with Gasteiger partial charge in [0.25, 0.3) is 0 Å². The Kier molecular flexibility index (Phi) is 10.6. The minimum absolute atomic E-state index is 0. The second-order valence-corrected chi connectivity index (χ2v) is 6.30. The van der Waals surface area contributed by atoms with Crippen LogP contribution in [0.5, 0.6) is 0 Å². The monoisotopic (exact) mass is 493 g/mol. The maximum Gasteiger partial charge on any atom is 0.310 e. The molecular weight excluding hydrogens is 464 g/mol. The smallest absolute Gasteiger partial charge is 0.310 e. The number of piperidine rings is 1. The Morgan fingerprint density at radius 1 is 1.41 bits per heavy atom. The quantitative estimate of drug-likeness (QED) is 0.276. The van der Waals surface area contributed by atoms with Crippen LogP contribution in [0.3, 0.4) is 0 Å². The standard InChI is InChI=1S/C19H28FN3O3.HI/c1-3-21-19(22-12-17(24)14-7-9-16(20)10-8-14)23-11-5-6-15(13-23)18(25)26-4-2;/h7-10,15,17,24H,3-6,11-13H2,1-2H3,(H,21,22);1H. The lowest BCUT2D eigenvalue weighted by Gasteiger charge is -2.34. The fourth-order valence-corrected chi connectivity index (χ4v) is 3.01. The maximum atomic E-state index is 13.0. The maximum absolute atomic E-state index is 13.0. The molecule has 0 radical (unpaired) electrons. The van der Waals surface area contributed by atoms with Crippen molar-refractivity contribution in [1.29, 1.82) is 0 Å². The zero-order valence-corrected chi connectivity index (χ0v) is 18.2. The molecule has 2 unspecified atom stereocenters. The molecule has 0 aliphatic carbocycles. The van der Waals surface area contributed by atoms with E-state index in [0.29, 0.717) is 31.2 Å². The lowest BCUT2D eigenvalue weighted by atomic mass is 9.98. The lowest BCUT2D eigenvalue weighted by molar-refractivity contribution is -0.149. The minimum atomic E-state index is -0.810. The fourth-order valence-electron chi connectivity index (χ4n) is 3.01. The van der Waals surface area contributed by atoms with E-state index in [1.54, 1.807) is 19.1 Å². The molecule has 8 heteroatoms. The molecule has 1 aliphatic heterocycles. The van der Waals surface area contributed by atoms with E-state index in [-0.39, 0.29) is 48.2 Å². The molecule has 2 atom stereocenters. The van der Waals surface area contributed by atoms with Crippen molar-refractivity contribution in [3.05, 3.63) is 35.6 Å². The molecule has 0 saturated carbocycles.